The lowest BCUT2D eigenvalue weighted by atomic mass is 9.79. The molecule has 0 aliphatic rings. The minimum Gasteiger partial charge on any atom is -0.274 e. The molecule has 0 aliphatic heterocycles. The summed E-state index contributed by atoms with van der Waals surface area (Å²) in [5.41, 5.74) is 2.60. The zero-order valence-electron chi connectivity index (χ0n) is 13.8. The standard InChI is InChI=1S/C17H28F2Si/c1-8-15(20(18)19)12-9-13(16(2,3)4)11-14(10-12)17(5,6)7/h9-11,15,20H,8H2,1-7H3. The van der Waals surface area contributed by atoms with E-state index in [0.717, 1.165) is 16.7 Å². The third kappa shape index (κ3) is 4.14. The molecule has 0 nitrogen and oxygen atoms in total. The third-order valence-electron chi connectivity index (χ3n) is 3.86. The van der Waals surface area contributed by atoms with Crippen molar-refractivity contribution < 1.29 is 8.22 Å². The molecular formula is C17H28F2Si. The summed E-state index contributed by atoms with van der Waals surface area (Å²) >= 11 is 0. The molecule has 0 radical (unpaired) electrons. The summed E-state index contributed by atoms with van der Waals surface area (Å²) in [5, 5.41) is 0. The van der Waals surface area contributed by atoms with Crippen LogP contribution < -0.4 is 0 Å². The minimum atomic E-state index is -3.66. The Morgan fingerprint density at radius 3 is 1.55 bits per heavy atom. The van der Waals surface area contributed by atoms with Crippen molar-refractivity contribution in [1.29, 1.82) is 0 Å². The summed E-state index contributed by atoms with van der Waals surface area (Å²) in [4.78, 5) is 0. The molecule has 0 amide bonds. The monoisotopic (exact) mass is 298 g/mol. The number of benzene rings is 1. The molecule has 0 aliphatic carbocycles. The molecule has 0 heterocycles. The first-order valence-corrected chi connectivity index (χ1v) is 8.95. The molecule has 1 aromatic rings. The molecule has 20 heavy (non-hydrogen) atoms. The van der Waals surface area contributed by atoms with E-state index in [9.17, 15) is 8.22 Å². The maximum absolute atomic E-state index is 13.4. The van der Waals surface area contributed by atoms with Gasteiger partial charge in [0.2, 0.25) is 0 Å². The summed E-state index contributed by atoms with van der Waals surface area (Å²) in [6.45, 7) is 14.7. The zero-order valence-corrected chi connectivity index (χ0v) is 15.0. The van der Waals surface area contributed by atoms with E-state index >= 15 is 0 Å². The van der Waals surface area contributed by atoms with Crippen LogP contribution in [0, 0.1) is 0 Å². The van der Waals surface area contributed by atoms with Gasteiger partial charge in [0.25, 0.3) is 0 Å². The SMILES string of the molecule is CCC(c1cc(C(C)(C)C)cc(C(C)(C)C)c1)[SiH](F)F. The van der Waals surface area contributed by atoms with Gasteiger partial charge in [-0.25, -0.2) is 0 Å². The number of hydrogen-bond acceptors (Lipinski definition) is 0. The van der Waals surface area contributed by atoms with Gasteiger partial charge in [-0.2, -0.15) is 0 Å². The van der Waals surface area contributed by atoms with Gasteiger partial charge in [-0.3, -0.25) is 8.22 Å². The Morgan fingerprint density at radius 2 is 1.30 bits per heavy atom. The van der Waals surface area contributed by atoms with Crippen LogP contribution in [0.5, 0.6) is 0 Å². The molecule has 114 valence electrons. The second-order valence-electron chi connectivity index (χ2n) is 7.69. The highest BCUT2D eigenvalue weighted by Crippen LogP contribution is 2.34. The van der Waals surface area contributed by atoms with E-state index < -0.39 is 15.0 Å². The molecule has 3 heteroatoms. The molecule has 0 aromatic heterocycles. The number of halogens is 2. The highest BCUT2D eigenvalue weighted by Gasteiger charge is 2.27. The zero-order chi connectivity index (χ0) is 15.7. The summed E-state index contributed by atoms with van der Waals surface area (Å²) in [6, 6.07) is 6.19. The van der Waals surface area contributed by atoms with Crippen molar-refractivity contribution >= 4 is 9.46 Å². The van der Waals surface area contributed by atoms with E-state index in [4.69, 9.17) is 0 Å². The Hall–Kier alpha value is -0.703. The lowest BCUT2D eigenvalue weighted by Gasteiger charge is -2.27. The molecule has 1 unspecified atom stereocenters. The summed E-state index contributed by atoms with van der Waals surface area (Å²) in [5.74, 6) is 0. The summed E-state index contributed by atoms with van der Waals surface area (Å²) in [7, 11) is -3.66. The summed E-state index contributed by atoms with van der Waals surface area (Å²) < 4.78 is 26.8. The molecule has 0 spiro atoms. The molecule has 0 saturated carbocycles. The first-order valence-electron chi connectivity index (χ1n) is 7.41. The molecule has 0 bridgehead atoms. The van der Waals surface area contributed by atoms with E-state index in [-0.39, 0.29) is 10.8 Å². The molecule has 0 saturated heterocycles. The highest BCUT2D eigenvalue weighted by molar-refractivity contribution is 6.44. The summed E-state index contributed by atoms with van der Waals surface area (Å²) in [6.07, 6.45) is 0.529. The molecule has 1 rings (SSSR count). The highest BCUT2D eigenvalue weighted by atomic mass is 28.4. The van der Waals surface area contributed by atoms with Gasteiger partial charge in [-0.1, -0.05) is 66.7 Å². The van der Waals surface area contributed by atoms with E-state index in [1.165, 1.54) is 0 Å². The van der Waals surface area contributed by atoms with Crippen LogP contribution in [0.15, 0.2) is 18.2 Å². The number of hydrogen-bond donors (Lipinski definition) is 0. The van der Waals surface area contributed by atoms with Gasteiger partial charge >= 0.3 is 9.46 Å². The fourth-order valence-corrected chi connectivity index (χ4v) is 3.13. The lowest BCUT2D eigenvalue weighted by Crippen LogP contribution is -2.20. The Labute approximate surface area is 124 Å². The molecule has 1 atom stereocenters. The van der Waals surface area contributed by atoms with Gasteiger partial charge in [-0.05, 0) is 33.9 Å². The predicted molar refractivity (Wildman–Crippen MR) is 86.2 cm³/mol. The van der Waals surface area contributed by atoms with Crippen molar-refractivity contribution in [3.05, 3.63) is 34.9 Å². The first-order chi connectivity index (χ1) is 8.96. The average molecular weight is 298 g/mol. The molecule has 1 aromatic carbocycles. The Morgan fingerprint density at radius 1 is 0.900 bits per heavy atom. The maximum atomic E-state index is 13.4. The van der Waals surface area contributed by atoms with E-state index in [2.05, 4.69) is 47.6 Å². The van der Waals surface area contributed by atoms with Gasteiger partial charge in [0.1, 0.15) is 0 Å². The predicted octanol–water partition coefficient (Wildman–Crippen LogP) is 5.47. The van der Waals surface area contributed by atoms with Gasteiger partial charge in [-0.15, -0.1) is 0 Å². The molecule has 0 fully saturated rings. The quantitative estimate of drug-likeness (QED) is 0.512. The largest absolute Gasteiger partial charge is 0.418 e. The Bertz CT molecular complexity index is 421. The molecule has 0 N–H and O–H groups in total. The Balaban J connectivity index is 3.45. The second kappa shape index (κ2) is 5.96. The number of rotatable bonds is 3. The fourth-order valence-electron chi connectivity index (χ4n) is 2.29. The van der Waals surface area contributed by atoms with Crippen molar-refractivity contribution in [3.63, 3.8) is 0 Å². The van der Waals surface area contributed by atoms with Crippen LogP contribution in [0.2, 0.25) is 0 Å². The van der Waals surface area contributed by atoms with Crippen LogP contribution >= 0.6 is 0 Å². The van der Waals surface area contributed by atoms with Crippen molar-refractivity contribution in [2.45, 2.75) is 71.3 Å². The van der Waals surface area contributed by atoms with Crippen molar-refractivity contribution in [1.82, 2.24) is 0 Å². The van der Waals surface area contributed by atoms with Crippen LogP contribution in [-0.4, -0.2) is 9.46 Å². The van der Waals surface area contributed by atoms with Crippen LogP contribution in [-0.2, 0) is 10.8 Å². The topological polar surface area (TPSA) is 0 Å². The van der Waals surface area contributed by atoms with E-state index in [1.54, 1.807) is 0 Å². The molecular weight excluding hydrogens is 270 g/mol. The average Bonchev–Trinajstić information content (AvgIpc) is 2.26. The van der Waals surface area contributed by atoms with Gasteiger partial charge < -0.3 is 0 Å². The maximum Gasteiger partial charge on any atom is 0.418 e. The Kier molecular flexibility index (Phi) is 5.17. The van der Waals surface area contributed by atoms with Crippen molar-refractivity contribution in [2.75, 3.05) is 0 Å². The van der Waals surface area contributed by atoms with Crippen molar-refractivity contribution in [3.8, 4) is 0 Å². The van der Waals surface area contributed by atoms with E-state index in [1.807, 2.05) is 19.1 Å². The van der Waals surface area contributed by atoms with Gasteiger partial charge in [0.15, 0.2) is 0 Å². The van der Waals surface area contributed by atoms with Gasteiger partial charge in [0, 0.05) is 5.54 Å². The van der Waals surface area contributed by atoms with Crippen LogP contribution in [0.1, 0.15) is 77.1 Å². The van der Waals surface area contributed by atoms with Crippen molar-refractivity contribution in [2.24, 2.45) is 0 Å². The third-order valence-corrected chi connectivity index (χ3v) is 5.32. The second-order valence-corrected chi connectivity index (χ2v) is 9.17. The van der Waals surface area contributed by atoms with E-state index in [0.29, 0.717) is 6.42 Å². The van der Waals surface area contributed by atoms with Gasteiger partial charge in [0.05, 0.1) is 0 Å². The smallest absolute Gasteiger partial charge is 0.274 e. The minimum absolute atomic E-state index is 0.0159. The fraction of sp³-hybridized carbons (Fsp3) is 0.647. The normalized spacial score (nSPS) is 14.7. The van der Waals surface area contributed by atoms with Crippen LogP contribution in [0.3, 0.4) is 0 Å². The van der Waals surface area contributed by atoms with Crippen LogP contribution in [0.4, 0.5) is 8.22 Å². The first kappa shape index (κ1) is 17.3. The van der Waals surface area contributed by atoms with Crippen LogP contribution in [0.25, 0.3) is 0 Å². The lowest BCUT2D eigenvalue weighted by molar-refractivity contribution is 0.561.